The maximum atomic E-state index is 11.8. The summed E-state index contributed by atoms with van der Waals surface area (Å²) in [5, 5.41) is 6.09. The fraction of sp³-hybridized carbons (Fsp3) is 0.909. The highest BCUT2D eigenvalue weighted by molar-refractivity contribution is 7.92. The SMILES string of the molecule is CN=C(NCCS(=O)(=O)C(C)(C)C)NC(C)C. The van der Waals surface area contributed by atoms with Gasteiger partial charge in [0.2, 0.25) is 0 Å². The van der Waals surface area contributed by atoms with Crippen LogP contribution < -0.4 is 10.6 Å². The lowest BCUT2D eigenvalue weighted by atomic mass is 10.3. The van der Waals surface area contributed by atoms with Crippen LogP contribution in [0.1, 0.15) is 34.6 Å². The van der Waals surface area contributed by atoms with Crippen LogP contribution in [0.15, 0.2) is 4.99 Å². The molecule has 5 nitrogen and oxygen atoms in total. The van der Waals surface area contributed by atoms with Crippen LogP contribution in [0.4, 0.5) is 0 Å². The summed E-state index contributed by atoms with van der Waals surface area (Å²) in [6.07, 6.45) is 0. The van der Waals surface area contributed by atoms with Gasteiger partial charge in [-0.25, -0.2) is 8.42 Å². The molecule has 17 heavy (non-hydrogen) atoms. The highest BCUT2D eigenvalue weighted by atomic mass is 32.2. The second-order valence-corrected chi connectivity index (χ2v) is 8.09. The van der Waals surface area contributed by atoms with E-state index >= 15 is 0 Å². The molecule has 0 aromatic heterocycles. The van der Waals surface area contributed by atoms with Crippen molar-refractivity contribution in [2.45, 2.75) is 45.4 Å². The zero-order valence-corrected chi connectivity index (χ0v) is 12.5. The van der Waals surface area contributed by atoms with E-state index in [1.54, 1.807) is 27.8 Å². The van der Waals surface area contributed by atoms with Gasteiger partial charge in [0.15, 0.2) is 15.8 Å². The van der Waals surface area contributed by atoms with Gasteiger partial charge < -0.3 is 10.6 Å². The molecule has 6 heteroatoms. The molecule has 0 radical (unpaired) electrons. The van der Waals surface area contributed by atoms with E-state index in [-0.39, 0.29) is 11.8 Å². The first-order valence-corrected chi connectivity index (χ1v) is 7.45. The fourth-order valence-corrected chi connectivity index (χ4v) is 2.06. The Morgan fingerprint density at radius 1 is 1.29 bits per heavy atom. The van der Waals surface area contributed by atoms with Crippen LogP contribution in [0.5, 0.6) is 0 Å². The molecule has 0 heterocycles. The first-order valence-electron chi connectivity index (χ1n) is 5.79. The average molecular weight is 263 g/mol. The van der Waals surface area contributed by atoms with Crippen molar-refractivity contribution < 1.29 is 8.42 Å². The van der Waals surface area contributed by atoms with E-state index in [9.17, 15) is 8.42 Å². The molecule has 0 unspecified atom stereocenters. The van der Waals surface area contributed by atoms with Gasteiger partial charge in [-0.2, -0.15) is 0 Å². The predicted octanol–water partition coefficient (Wildman–Crippen LogP) is 0.773. The van der Waals surface area contributed by atoms with Crippen LogP contribution in [-0.4, -0.2) is 44.5 Å². The lowest BCUT2D eigenvalue weighted by Gasteiger charge is -2.20. The number of sulfone groups is 1. The third-order valence-corrected chi connectivity index (χ3v) is 4.85. The first-order chi connectivity index (χ1) is 7.60. The topological polar surface area (TPSA) is 70.6 Å². The number of hydrogen-bond acceptors (Lipinski definition) is 3. The minimum Gasteiger partial charge on any atom is -0.355 e. The van der Waals surface area contributed by atoms with Crippen LogP contribution in [0.3, 0.4) is 0 Å². The van der Waals surface area contributed by atoms with Gasteiger partial charge in [0, 0.05) is 19.6 Å². The molecule has 0 rings (SSSR count). The van der Waals surface area contributed by atoms with Gasteiger partial charge in [-0.1, -0.05) is 0 Å². The Balaban J connectivity index is 4.25. The third kappa shape index (κ3) is 5.91. The van der Waals surface area contributed by atoms with Crippen LogP contribution in [0, 0.1) is 0 Å². The van der Waals surface area contributed by atoms with Crippen molar-refractivity contribution >= 4 is 15.8 Å². The maximum absolute atomic E-state index is 11.8. The van der Waals surface area contributed by atoms with Gasteiger partial charge in [-0.05, 0) is 34.6 Å². The van der Waals surface area contributed by atoms with E-state index in [4.69, 9.17) is 0 Å². The van der Waals surface area contributed by atoms with E-state index in [2.05, 4.69) is 15.6 Å². The summed E-state index contributed by atoms with van der Waals surface area (Å²) >= 11 is 0. The van der Waals surface area contributed by atoms with E-state index < -0.39 is 14.6 Å². The second-order valence-electron chi connectivity index (χ2n) is 5.23. The van der Waals surface area contributed by atoms with Crippen LogP contribution in [0.25, 0.3) is 0 Å². The fourth-order valence-electron chi connectivity index (χ4n) is 1.08. The molecule has 0 fully saturated rings. The van der Waals surface area contributed by atoms with E-state index in [0.29, 0.717) is 12.5 Å². The van der Waals surface area contributed by atoms with Gasteiger partial charge >= 0.3 is 0 Å². The average Bonchev–Trinajstić information content (AvgIpc) is 2.13. The van der Waals surface area contributed by atoms with E-state index in [1.165, 1.54) is 0 Å². The minimum atomic E-state index is -3.08. The van der Waals surface area contributed by atoms with Crippen molar-refractivity contribution in [3.05, 3.63) is 0 Å². The number of aliphatic imine (C=N–C) groups is 1. The summed E-state index contributed by atoms with van der Waals surface area (Å²) in [4.78, 5) is 4.01. The molecule has 0 atom stereocenters. The minimum absolute atomic E-state index is 0.106. The van der Waals surface area contributed by atoms with Crippen molar-refractivity contribution in [2.24, 2.45) is 4.99 Å². The van der Waals surface area contributed by atoms with Crippen molar-refractivity contribution in [3.63, 3.8) is 0 Å². The van der Waals surface area contributed by atoms with Gasteiger partial charge in [0.05, 0.1) is 10.5 Å². The van der Waals surface area contributed by atoms with Gasteiger partial charge in [-0.15, -0.1) is 0 Å². The molecule has 0 aliphatic carbocycles. The van der Waals surface area contributed by atoms with E-state index in [0.717, 1.165) is 0 Å². The lowest BCUT2D eigenvalue weighted by Crippen LogP contribution is -2.44. The molecule has 2 N–H and O–H groups in total. The van der Waals surface area contributed by atoms with Crippen molar-refractivity contribution in [2.75, 3.05) is 19.3 Å². The van der Waals surface area contributed by atoms with Gasteiger partial charge in [0.1, 0.15) is 0 Å². The Morgan fingerprint density at radius 2 is 1.82 bits per heavy atom. The second kappa shape index (κ2) is 6.23. The number of rotatable bonds is 4. The molecule has 102 valence electrons. The molecule has 0 aromatic carbocycles. The summed E-state index contributed by atoms with van der Waals surface area (Å²) in [6.45, 7) is 9.50. The predicted molar refractivity (Wildman–Crippen MR) is 73.2 cm³/mol. The molecule has 0 bridgehead atoms. The van der Waals surface area contributed by atoms with Gasteiger partial charge in [0.25, 0.3) is 0 Å². The Morgan fingerprint density at radius 3 is 2.18 bits per heavy atom. The molecule has 0 amide bonds. The number of hydrogen-bond donors (Lipinski definition) is 2. The largest absolute Gasteiger partial charge is 0.355 e. The van der Waals surface area contributed by atoms with Crippen LogP contribution >= 0.6 is 0 Å². The van der Waals surface area contributed by atoms with Crippen molar-refractivity contribution in [1.82, 2.24) is 10.6 Å². The summed E-state index contributed by atoms with van der Waals surface area (Å²) in [6, 6.07) is 0.264. The highest BCUT2D eigenvalue weighted by Crippen LogP contribution is 2.15. The quantitative estimate of drug-likeness (QED) is 0.581. The monoisotopic (exact) mass is 263 g/mol. The Kier molecular flexibility index (Phi) is 5.95. The maximum Gasteiger partial charge on any atom is 0.191 e. The number of nitrogens with zero attached hydrogens (tertiary/aromatic N) is 1. The molecule has 0 aliphatic rings. The smallest absolute Gasteiger partial charge is 0.191 e. The van der Waals surface area contributed by atoms with Crippen molar-refractivity contribution in [3.8, 4) is 0 Å². The molecular formula is C11H25N3O2S. The Hall–Kier alpha value is -0.780. The molecule has 0 saturated heterocycles. The molecular weight excluding hydrogens is 238 g/mol. The summed E-state index contributed by atoms with van der Waals surface area (Å²) in [7, 11) is -1.41. The molecule has 0 aromatic rings. The van der Waals surface area contributed by atoms with Gasteiger partial charge in [-0.3, -0.25) is 4.99 Å². The Bertz CT molecular complexity index is 353. The number of nitrogens with one attached hydrogen (secondary N) is 2. The molecule has 0 saturated carbocycles. The standard InChI is InChI=1S/C11H25N3O2S/c1-9(2)14-10(12-6)13-7-8-17(15,16)11(3,4)5/h9H,7-8H2,1-6H3,(H2,12,13,14). The first kappa shape index (κ1) is 16.2. The molecule has 0 aliphatic heterocycles. The van der Waals surface area contributed by atoms with Crippen LogP contribution in [0.2, 0.25) is 0 Å². The van der Waals surface area contributed by atoms with Crippen LogP contribution in [-0.2, 0) is 9.84 Å². The number of guanidine groups is 1. The zero-order valence-electron chi connectivity index (χ0n) is 11.7. The molecule has 0 spiro atoms. The van der Waals surface area contributed by atoms with E-state index in [1.807, 2.05) is 13.8 Å². The highest BCUT2D eigenvalue weighted by Gasteiger charge is 2.28. The lowest BCUT2D eigenvalue weighted by molar-refractivity contribution is 0.558. The third-order valence-electron chi connectivity index (χ3n) is 2.25. The normalized spacial score (nSPS) is 13.9. The van der Waals surface area contributed by atoms with Crippen molar-refractivity contribution in [1.29, 1.82) is 0 Å². The summed E-state index contributed by atoms with van der Waals surface area (Å²) in [5.74, 6) is 0.735. The summed E-state index contributed by atoms with van der Waals surface area (Å²) in [5.41, 5.74) is 0. The Labute approximate surface area is 105 Å². The summed E-state index contributed by atoms with van der Waals surface area (Å²) < 4.78 is 23.0. The zero-order chi connectivity index (χ0) is 13.7.